The summed E-state index contributed by atoms with van der Waals surface area (Å²) in [6.45, 7) is 2.21. The molecule has 1 fully saturated rings. The third-order valence-corrected chi connectivity index (χ3v) is 3.91. The predicted octanol–water partition coefficient (Wildman–Crippen LogP) is -0.511. The molecule has 1 heterocycles. The van der Waals surface area contributed by atoms with Crippen LogP contribution in [0.5, 0.6) is 0 Å². The normalized spacial score (nSPS) is 19.6. The van der Waals surface area contributed by atoms with Gasteiger partial charge in [-0.2, -0.15) is 0 Å². The molecule has 6 heteroatoms. The Kier molecular flexibility index (Phi) is 4.73. The molecule has 1 amide bonds. The first-order valence-corrected chi connectivity index (χ1v) is 7.60. The minimum Gasteiger partial charge on any atom is -0.359 e. The van der Waals surface area contributed by atoms with Gasteiger partial charge in [0.25, 0.3) is 0 Å². The minimum absolute atomic E-state index is 0.0967. The Morgan fingerprint density at radius 2 is 1.94 bits per heavy atom. The molecule has 1 rings (SSSR count). The van der Waals surface area contributed by atoms with Crippen LogP contribution in [0.3, 0.4) is 0 Å². The quantitative estimate of drug-likeness (QED) is 0.727. The lowest BCUT2D eigenvalue weighted by atomic mass is 9.96. The molecule has 0 saturated carbocycles. The number of hydrogen-bond donors (Lipinski definition) is 1. The van der Waals surface area contributed by atoms with E-state index in [1.807, 2.05) is 0 Å². The van der Waals surface area contributed by atoms with E-state index in [0.717, 1.165) is 25.9 Å². The van der Waals surface area contributed by atoms with Crippen molar-refractivity contribution in [2.24, 2.45) is 5.92 Å². The molecule has 0 unspecified atom stereocenters. The van der Waals surface area contributed by atoms with E-state index in [2.05, 4.69) is 10.2 Å². The van der Waals surface area contributed by atoms with E-state index >= 15 is 0 Å². The highest BCUT2D eigenvalue weighted by atomic mass is 32.2. The van der Waals surface area contributed by atoms with Crippen molar-refractivity contribution < 1.29 is 13.2 Å². The fourth-order valence-corrected chi connectivity index (χ4v) is 2.51. The number of nitrogens with zero attached hydrogens (tertiary/aromatic N) is 1. The molecule has 1 N–H and O–H groups in total. The lowest BCUT2D eigenvalue weighted by molar-refractivity contribution is -0.125. The molecule has 0 aromatic carbocycles. The van der Waals surface area contributed by atoms with Gasteiger partial charge in [-0.15, -0.1) is 0 Å². The summed E-state index contributed by atoms with van der Waals surface area (Å²) in [5.74, 6) is 0.403. The molecular weight excluding hydrogens is 228 g/mol. The van der Waals surface area contributed by atoms with Crippen LogP contribution < -0.4 is 5.32 Å². The van der Waals surface area contributed by atoms with Crippen LogP contribution in [0.4, 0.5) is 0 Å². The van der Waals surface area contributed by atoms with Crippen LogP contribution in [0.1, 0.15) is 12.8 Å². The fourth-order valence-electron chi connectivity index (χ4n) is 1.92. The zero-order valence-corrected chi connectivity index (χ0v) is 10.7. The summed E-state index contributed by atoms with van der Waals surface area (Å²) in [4.78, 5) is 13.5. The first-order chi connectivity index (χ1) is 7.42. The Morgan fingerprint density at radius 1 is 1.38 bits per heavy atom. The molecule has 16 heavy (non-hydrogen) atoms. The van der Waals surface area contributed by atoms with Crippen molar-refractivity contribution in [2.75, 3.05) is 38.7 Å². The molecule has 1 saturated heterocycles. The molecule has 5 nitrogen and oxygen atoms in total. The van der Waals surface area contributed by atoms with E-state index in [1.165, 1.54) is 6.26 Å². The summed E-state index contributed by atoms with van der Waals surface area (Å²) < 4.78 is 22.0. The van der Waals surface area contributed by atoms with Gasteiger partial charge in [0.05, 0.1) is 5.75 Å². The highest BCUT2D eigenvalue weighted by Crippen LogP contribution is 2.16. The van der Waals surface area contributed by atoms with Gasteiger partial charge in [0.1, 0.15) is 9.84 Å². The number of rotatable bonds is 4. The van der Waals surface area contributed by atoms with Crippen molar-refractivity contribution in [3.05, 3.63) is 0 Å². The highest BCUT2D eigenvalue weighted by molar-refractivity contribution is 7.90. The van der Waals surface area contributed by atoms with Gasteiger partial charge in [-0.05, 0) is 25.9 Å². The molecule has 0 aliphatic carbocycles. The third-order valence-electron chi connectivity index (χ3n) is 2.98. The predicted molar refractivity (Wildman–Crippen MR) is 62.9 cm³/mol. The number of amides is 1. The summed E-state index contributed by atoms with van der Waals surface area (Å²) in [7, 11) is -1.23. The molecule has 0 bridgehead atoms. The largest absolute Gasteiger partial charge is 0.359 e. The van der Waals surface area contributed by atoms with Crippen molar-refractivity contribution in [1.29, 1.82) is 0 Å². The van der Waals surface area contributed by atoms with Crippen LogP contribution >= 0.6 is 0 Å². The summed E-state index contributed by atoms with van der Waals surface area (Å²) in [6, 6.07) is 0. The number of nitrogens with one attached hydrogen (secondary N) is 1. The maximum atomic E-state index is 11.4. The molecule has 94 valence electrons. The summed E-state index contributed by atoms with van der Waals surface area (Å²) in [6.07, 6.45) is 2.90. The number of carbonyl (C=O) groups is 1. The fraction of sp³-hybridized carbons (Fsp3) is 0.900. The van der Waals surface area contributed by atoms with Gasteiger partial charge in [0.15, 0.2) is 0 Å². The van der Waals surface area contributed by atoms with Crippen molar-refractivity contribution in [3.8, 4) is 0 Å². The van der Waals surface area contributed by atoms with Crippen LogP contribution in [0.25, 0.3) is 0 Å². The van der Waals surface area contributed by atoms with Gasteiger partial charge >= 0.3 is 0 Å². The minimum atomic E-state index is -2.88. The van der Waals surface area contributed by atoms with Gasteiger partial charge in [0.2, 0.25) is 5.91 Å². The second-order valence-electron chi connectivity index (χ2n) is 4.36. The molecular formula is C10H20N2O3S. The molecule has 1 aliphatic rings. The number of carbonyl (C=O) groups excluding carboxylic acids is 1. The standard InChI is InChI=1S/C10H20N2O3S/c1-11-10(13)9-3-5-12(6-4-9)7-8-16(2,14)15/h9H,3-8H2,1-2H3,(H,11,13). The van der Waals surface area contributed by atoms with E-state index in [-0.39, 0.29) is 17.6 Å². The van der Waals surface area contributed by atoms with Gasteiger partial charge in [-0.25, -0.2) is 8.42 Å². The molecule has 0 atom stereocenters. The van der Waals surface area contributed by atoms with Crippen molar-refractivity contribution >= 4 is 15.7 Å². The molecule has 0 spiro atoms. The van der Waals surface area contributed by atoms with Gasteiger partial charge in [-0.1, -0.05) is 0 Å². The lowest BCUT2D eigenvalue weighted by Crippen LogP contribution is -2.41. The van der Waals surface area contributed by atoms with E-state index in [4.69, 9.17) is 0 Å². The third kappa shape index (κ3) is 4.49. The maximum Gasteiger partial charge on any atom is 0.222 e. The molecule has 0 aromatic rings. The van der Waals surface area contributed by atoms with Crippen molar-refractivity contribution in [2.45, 2.75) is 12.8 Å². The monoisotopic (exact) mass is 248 g/mol. The van der Waals surface area contributed by atoms with Crippen molar-refractivity contribution in [3.63, 3.8) is 0 Å². The van der Waals surface area contributed by atoms with E-state index in [0.29, 0.717) is 6.54 Å². The topological polar surface area (TPSA) is 66.5 Å². The number of piperidine rings is 1. The smallest absolute Gasteiger partial charge is 0.222 e. The van der Waals surface area contributed by atoms with E-state index in [1.54, 1.807) is 7.05 Å². The molecule has 0 aromatic heterocycles. The average molecular weight is 248 g/mol. The Balaban J connectivity index is 2.30. The Hall–Kier alpha value is -0.620. The zero-order chi connectivity index (χ0) is 12.2. The first kappa shape index (κ1) is 13.4. The molecule has 1 aliphatic heterocycles. The van der Waals surface area contributed by atoms with Crippen LogP contribution in [-0.4, -0.2) is 57.9 Å². The first-order valence-electron chi connectivity index (χ1n) is 5.54. The van der Waals surface area contributed by atoms with Gasteiger partial charge in [-0.3, -0.25) is 4.79 Å². The highest BCUT2D eigenvalue weighted by Gasteiger charge is 2.24. The summed E-state index contributed by atoms with van der Waals surface area (Å²) >= 11 is 0. The molecule has 0 radical (unpaired) electrons. The van der Waals surface area contributed by atoms with E-state index in [9.17, 15) is 13.2 Å². The second-order valence-corrected chi connectivity index (χ2v) is 6.62. The zero-order valence-electron chi connectivity index (χ0n) is 9.90. The van der Waals surface area contributed by atoms with Gasteiger partial charge in [0, 0.05) is 25.8 Å². The Morgan fingerprint density at radius 3 is 2.38 bits per heavy atom. The average Bonchev–Trinajstić information content (AvgIpc) is 2.25. The summed E-state index contributed by atoms with van der Waals surface area (Å²) in [5.41, 5.74) is 0. The van der Waals surface area contributed by atoms with Crippen LogP contribution in [0.15, 0.2) is 0 Å². The van der Waals surface area contributed by atoms with Crippen molar-refractivity contribution in [1.82, 2.24) is 10.2 Å². The van der Waals surface area contributed by atoms with E-state index < -0.39 is 9.84 Å². The number of hydrogen-bond acceptors (Lipinski definition) is 4. The van der Waals surface area contributed by atoms with Crippen LogP contribution in [0.2, 0.25) is 0 Å². The van der Waals surface area contributed by atoms with Gasteiger partial charge < -0.3 is 10.2 Å². The Labute approximate surface area is 97.1 Å². The Bertz CT molecular complexity index is 332. The number of sulfone groups is 1. The van der Waals surface area contributed by atoms with Crippen LogP contribution in [0, 0.1) is 5.92 Å². The SMILES string of the molecule is CNC(=O)C1CCN(CCS(C)(=O)=O)CC1. The van der Waals surface area contributed by atoms with Crippen LogP contribution in [-0.2, 0) is 14.6 Å². The maximum absolute atomic E-state index is 11.4. The second kappa shape index (κ2) is 5.63. The number of likely N-dealkylation sites (tertiary alicyclic amines) is 1. The summed E-state index contributed by atoms with van der Waals surface area (Å²) in [5, 5.41) is 2.65. The lowest BCUT2D eigenvalue weighted by Gasteiger charge is -2.30.